The van der Waals surface area contributed by atoms with Gasteiger partial charge < -0.3 is 10.2 Å². The zero-order valence-corrected chi connectivity index (χ0v) is 16.8. The average Bonchev–Trinajstić information content (AvgIpc) is 3.50. The second kappa shape index (κ2) is 9.86. The average molecular weight is 368 g/mol. The molecule has 0 bridgehead atoms. The molecule has 0 aliphatic heterocycles. The standard InChI is InChI=1S/C23H33N3O/c1-25(2)16-6-5-15-24-23(27)14-17-26(21-12-13-21)18-20-10-7-9-19-8-3-4-11-22(19)20/h3-4,7-11,21H,5-6,12-18H2,1-2H3,(H,24,27). The lowest BCUT2D eigenvalue weighted by atomic mass is 10.0. The molecule has 4 heteroatoms. The van der Waals surface area contributed by atoms with Crippen LogP contribution in [0.15, 0.2) is 42.5 Å². The van der Waals surface area contributed by atoms with Gasteiger partial charge in [-0.25, -0.2) is 0 Å². The van der Waals surface area contributed by atoms with Gasteiger partial charge in [-0.1, -0.05) is 42.5 Å². The van der Waals surface area contributed by atoms with Crippen LogP contribution in [-0.4, -0.2) is 55.5 Å². The largest absolute Gasteiger partial charge is 0.356 e. The van der Waals surface area contributed by atoms with E-state index in [2.05, 4.69) is 71.7 Å². The van der Waals surface area contributed by atoms with E-state index in [0.717, 1.165) is 39.0 Å². The van der Waals surface area contributed by atoms with Crippen LogP contribution in [0.5, 0.6) is 0 Å². The van der Waals surface area contributed by atoms with Crippen LogP contribution in [0.2, 0.25) is 0 Å². The fourth-order valence-corrected chi connectivity index (χ4v) is 3.59. The van der Waals surface area contributed by atoms with Crippen LogP contribution in [-0.2, 0) is 11.3 Å². The molecule has 4 nitrogen and oxygen atoms in total. The monoisotopic (exact) mass is 367 g/mol. The number of rotatable bonds is 11. The molecule has 1 fully saturated rings. The van der Waals surface area contributed by atoms with Gasteiger partial charge in [0, 0.05) is 32.1 Å². The molecule has 2 aromatic carbocycles. The summed E-state index contributed by atoms with van der Waals surface area (Å²) in [7, 11) is 4.17. The molecule has 0 unspecified atom stereocenters. The lowest BCUT2D eigenvalue weighted by Gasteiger charge is -2.22. The third-order valence-electron chi connectivity index (χ3n) is 5.30. The third kappa shape index (κ3) is 6.33. The Morgan fingerprint density at radius 2 is 1.81 bits per heavy atom. The number of nitrogens with zero attached hydrogens (tertiary/aromatic N) is 2. The van der Waals surface area contributed by atoms with Gasteiger partial charge in [0.25, 0.3) is 0 Å². The first kappa shape index (κ1) is 19.8. The molecular formula is C23H33N3O. The highest BCUT2D eigenvalue weighted by Gasteiger charge is 2.29. The summed E-state index contributed by atoms with van der Waals surface area (Å²) in [6.45, 7) is 3.65. The maximum Gasteiger partial charge on any atom is 0.221 e. The molecule has 3 rings (SSSR count). The summed E-state index contributed by atoms with van der Waals surface area (Å²) >= 11 is 0. The van der Waals surface area contributed by atoms with Crippen molar-refractivity contribution in [2.75, 3.05) is 33.7 Å². The lowest BCUT2D eigenvalue weighted by molar-refractivity contribution is -0.121. The van der Waals surface area contributed by atoms with Gasteiger partial charge >= 0.3 is 0 Å². The summed E-state index contributed by atoms with van der Waals surface area (Å²) in [6, 6.07) is 15.8. The first-order chi connectivity index (χ1) is 13.1. The number of amides is 1. The Balaban J connectivity index is 1.48. The second-order valence-electron chi connectivity index (χ2n) is 7.95. The van der Waals surface area contributed by atoms with Gasteiger partial charge in [0.15, 0.2) is 0 Å². The Kier molecular flexibility index (Phi) is 7.25. The Labute approximate surface area is 163 Å². The van der Waals surface area contributed by atoms with Crippen LogP contribution < -0.4 is 5.32 Å². The Bertz CT molecular complexity index is 734. The van der Waals surface area contributed by atoms with E-state index in [-0.39, 0.29) is 5.91 Å². The fourth-order valence-electron chi connectivity index (χ4n) is 3.59. The predicted octanol–water partition coefficient (Wildman–Crippen LogP) is 3.65. The fraction of sp³-hybridized carbons (Fsp3) is 0.522. The molecule has 1 saturated carbocycles. The molecule has 2 aromatic rings. The number of unbranched alkanes of at least 4 members (excludes halogenated alkanes) is 1. The molecule has 0 saturated heterocycles. The van der Waals surface area contributed by atoms with Crippen molar-refractivity contribution >= 4 is 16.7 Å². The molecule has 146 valence electrons. The number of carbonyl (C=O) groups is 1. The van der Waals surface area contributed by atoms with Gasteiger partial charge in [-0.2, -0.15) is 0 Å². The van der Waals surface area contributed by atoms with Crippen molar-refractivity contribution in [3.05, 3.63) is 48.0 Å². The smallest absolute Gasteiger partial charge is 0.221 e. The first-order valence-electron chi connectivity index (χ1n) is 10.3. The molecule has 1 aliphatic carbocycles. The summed E-state index contributed by atoms with van der Waals surface area (Å²) in [5, 5.41) is 5.70. The zero-order chi connectivity index (χ0) is 19.1. The van der Waals surface area contributed by atoms with Crippen molar-refractivity contribution in [1.82, 2.24) is 15.1 Å². The normalized spacial score (nSPS) is 14.2. The van der Waals surface area contributed by atoms with Crippen molar-refractivity contribution < 1.29 is 4.79 Å². The molecule has 1 amide bonds. The zero-order valence-electron chi connectivity index (χ0n) is 16.8. The van der Waals surface area contributed by atoms with Crippen molar-refractivity contribution in [2.24, 2.45) is 0 Å². The number of hydrogen-bond acceptors (Lipinski definition) is 3. The van der Waals surface area contributed by atoms with E-state index < -0.39 is 0 Å². The summed E-state index contributed by atoms with van der Waals surface area (Å²) in [5.74, 6) is 0.184. The molecule has 1 aliphatic rings. The van der Waals surface area contributed by atoms with E-state index >= 15 is 0 Å². The minimum Gasteiger partial charge on any atom is -0.356 e. The van der Waals surface area contributed by atoms with Gasteiger partial charge in [0.05, 0.1) is 0 Å². The number of carbonyl (C=O) groups excluding carboxylic acids is 1. The summed E-state index contributed by atoms with van der Waals surface area (Å²) in [4.78, 5) is 16.9. The molecule has 0 atom stereocenters. The minimum absolute atomic E-state index is 0.184. The van der Waals surface area contributed by atoms with Crippen LogP contribution in [0.3, 0.4) is 0 Å². The van der Waals surface area contributed by atoms with Gasteiger partial charge in [0.1, 0.15) is 0 Å². The number of fused-ring (bicyclic) bond motifs is 1. The highest BCUT2D eigenvalue weighted by Crippen LogP contribution is 2.30. The number of nitrogens with one attached hydrogen (secondary N) is 1. The second-order valence-corrected chi connectivity index (χ2v) is 7.95. The van der Waals surface area contributed by atoms with Gasteiger partial charge in [-0.15, -0.1) is 0 Å². The van der Waals surface area contributed by atoms with Gasteiger partial charge in [0.2, 0.25) is 5.91 Å². The summed E-state index contributed by atoms with van der Waals surface area (Å²) in [5.41, 5.74) is 1.36. The first-order valence-corrected chi connectivity index (χ1v) is 10.3. The number of hydrogen-bond donors (Lipinski definition) is 1. The van der Waals surface area contributed by atoms with E-state index in [9.17, 15) is 4.79 Å². The summed E-state index contributed by atoms with van der Waals surface area (Å²) in [6.07, 6.45) is 5.29. The van der Waals surface area contributed by atoms with Gasteiger partial charge in [-0.3, -0.25) is 9.69 Å². The Hall–Kier alpha value is -1.91. The van der Waals surface area contributed by atoms with E-state index in [1.165, 1.54) is 29.2 Å². The lowest BCUT2D eigenvalue weighted by Crippen LogP contribution is -2.32. The van der Waals surface area contributed by atoms with Crippen molar-refractivity contribution in [3.8, 4) is 0 Å². The van der Waals surface area contributed by atoms with E-state index in [4.69, 9.17) is 0 Å². The Morgan fingerprint density at radius 1 is 1.04 bits per heavy atom. The van der Waals surface area contributed by atoms with Crippen LogP contribution in [0.1, 0.15) is 37.7 Å². The minimum atomic E-state index is 0.184. The van der Waals surface area contributed by atoms with Crippen LogP contribution in [0.25, 0.3) is 10.8 Å². The van der Waals surface area contributed by atoms with Crippen molar-refractivity contribution in [1.29, 1.82) is 0 Å². The van der Waals surface area contributed by atoms with Crippen LogP contribution >= 0.6 is 0 Å². The van der Waals surface area contributed by atoms with Crippen molar-refractivity contribution in [2.45, 2.75) is 44.7 Å². The topological polar surface area (TPSA) is 35.6 Å². The highest BCUT2D eigenvalue weighted by molar-refractivity contribution is 5.85. The number of benzene rings is 2. The molecule has 1 N–H and O–H groups in total. The van der Waals surface area contributed by atoms with E-state index in [0.29, 0.717) is 12.5 Å². The van der Waals surface area contributed by atoms with E-state index in [1.807, 2.05) is 0 Å². The SMILES string of the molecule is CN(C)CCCCNC(=O)CCN(Cc1cccc2ccccc12)C1CC1. The third-order valence-corrected chi connectivity index (χ3v) is 5.30. The molecule has 0 heterocycles. The van der Waals surface area contributed by atoms with Crippen LogP contribution in [0, 0.1) is 0 Å². The molecule has 0 aromatic heterocycles. The maximum atomic E-state index is 12.2. The van der Waals surface area contributed by atoms with Crippen LogP contribution in [0.4, 0.5) is 0 Å². The molecule has 27 heavy (non-hydrogen) atoms. The van der Waals surface area contributed by atoms with Crippen molar-refractivity contribution in [3.63, 3.8) is 0 Å². The molecular weight excluding hydrogens is 334 g/mol. The summed E-state index contributed by atoms with van der Waals surface area (Å²) < 4.78 is 0. The molecule has 0 radical (unpaired) electrons. The van der Waals surface area contributed by atoms with E-state index in [1.54, 1.807) is 0 Å². The quantitative estimate of drug-likeness (QED) is 0.616. The molecule has 0 spiro atoms. The predicted molar refractivity (Wildman–Crippen MR) is 113 cm³/mol. The maximum absolute atomic E-state index is 12.2. The highest BCUT2D eigenvalue weighted by atomic mass is 16.1. The van der Waals surface area contributed by atoms with Gasteiger partial charge in [-0.05, 0) is 62.7 Å². The Morgan fingerprint density at radius 3 is 2.59 bits per heavy atom.